The molecule has 2 aromatic rings. The van der Waals surface area contributed by atoms with Gasteiger partial charge >= 0.3 is 0 Å². The van der Waals surface area contributed by atoms with E-state index in [0.29, 0.717) is 0 Å². The second kappa shape index (κ2) is 6.41. The molecule has 2 N–H and O–H groups in total. The summed E-state index contributed by atoms with van der Waals surface area (Å²) in [6.07, 6.45) is 6.55. The van der Waals surface area contributed by atoms with E-state index in [1.54, 1.807) is 0 Å². The summed E-state index contributed by atoms with van der Waals surface area (Å²) in [6.45, 7) is 4.26. The predicted molar refractivity (Wildman–Crippen MR) is 79.4 cm³/mol. The summed E-state index contributed by atoms with van der Waals surface area (Å²) in [5, 5.41) is 4.19. The summed E-state index contributed by atoms with van der Waals surface area (Å²) in [5.41, 5.74) is 1.73. The lowest BCUT2D eigenvalue weighted by molar-refractivity contribution is 0.0938. The first-order valence-corrected chi connectivity index (χ1v) is 7.08. The molecule has 19 heavy (non-hydrogen) atoms. The summed E-state index contributed by atoms with van der Waals surface area (Å²) >= 11 is 0. The molecule has 1 unspecified atom stereocenters. The number of carbonyl (C=O) groups excluding carboxylic acids is 1. The van der Waals surface area contributed by atoms with Crippen molar-refractivity contribution >= 4 is 16.8 Å². The zero-order chi connectivity index (χ0) is 13.7. The van der Waals surface area contributed by atoms with Crippen LogP contribution in [-0.2, 0) is 0 Å². The van der Waals surface area contributed by atoms with Gasteiger partial charge in [-0.3, -0.25) is 4.79 Å². The van der Waals surface area contributed by atoms with Gasteiger partial charge in [0.25, 0.3) is 5.91 Å². The Hall–Kier alpha value is -1.77. The van der Waals surface area contributed by atoms with Gasteiger partial charge in [-0.25, -0.2) is 0 Å². The van der Waals surface area contributed by atoms with Crippen molar-refractivity contribution in [3.8, 4) is 0 Å². The van der Waals surface area contributed by atoms with Crippen molar-refractivity contribution < 1.29 is 4.79 Å². The summed E-state index contributed by atoms with van der Waals surface area (Å²) in [6, 6.07) is 8.00. The molecule has 1 heterocycles. The normalized spacial score (nSPS) is 12.5. The van der Waals surface area contributed by atoms with E-state index in [1.165, 1.54) is 19.3 Å². The van der Waals surface area contributed by atoms with Crippen molar-refractivity contribution in [2.45, 2.75) is 45.6 Å². The van der Waals surface area contributed by atoms with Crippen LogP contribution in [0.1, 0.15) is 49.9 Å². The third kappa shape index (κ3) is 3.60. The van der Waals surface area contributed by atoms with Crippen LogP contribution in [0, 0.1) is 0 Å². The Morgan fingerprint density at radius 2 is 2.16 bits per heavy atom. The van der Waals surface area contributed by atoms with Crippen molar-refractivity contribution in [1.82, 2.24) is 10.3 Å². The average molecular weight is 258 g/mol. The van der Waals surface area contributed by atoms with Gasteiger partial charge in [0.1, 0.15) is 0 Å². The quantitative estimate of drug-likeness (QED) is 0.759. The second-order valence-corrected chi connectivity index (χ2v) is 5.15. The van der Waals surface area contributed by atoms with Gasteiger partial charge in [-0.05, 0) is 36.9 Å². The lowest BCUT2D eigenvalue weighted by atomic mass is 10.1. The molecule has 3 nitrogen and oxygen atoms in total. The Bertz CT molecular complexity index is 544. The number of aromatic nitrogens is 1. The smallest absolute Gasteiger partial charge is 0.251 e. The predicted octanol–water partition coefficient (Wildman–Crippen LogP) is 3.87. The lowest BCUT2D eigenvalue weighted by Gasteiger charge is -2.13. The zero-order valence-corrected chi connectivity index (χ0v) is 11.7. The summed E-state index contributed by atoms with van der Waals surface area (Å²) in [7, 11) is 0. The molecular formula is C16H22N2O. The van der Waals surface area contributed by atoms with E-state index in [2.05, 4.69) is 24.1 Å². The molecule has 1 amide bonds. The summed E-state index contributed by atoms with van der Waals surface area (Å²) in [4.78, 5) is 15.3. The zero-order valence-electron chi connectivity index (χ0n) is 11.7. The number of unbranched alkanes of at least 4 members (excludes halogenated alkanes) is 2. The monoisotopic (exact) mass is 258 g/mol. The van der Waals surface area contributed by atoms with Gasteiger partial charge in [0.05, 0.1) is 0 Å². The highest BCUT2D eigenvalue weighted by molar-refractivity contribution is 5.98. The Labute approximate surface area is 114 Å². The van der Waals surface area contributed by atoms with Gasteiger partial charge in [0.15, 0.2) is 0 Å². The van der Waals surface area contributed by atoms with Crippen LogP contribution < -0.4 is 5.32 Å². The molecule has 1 atom stereocenters. The maximum Gasteiger partial charge on any atom is 0.251 e. The van der Waals surface area contributed by atoms with Crippen molar-refractivity contribution in [3.05, 3.63) is 36.0 Å². The largest absolute Gasteiger partial charge is 0.361 e. The number of fused-ring (bicyclic) bond motifs is 1. The van der Waals surface area contributed by atoms with Crippen LogP contribution in [0.3, 0.4) is 0 Å². The molecule has 102 valence electrons. The van der Waals surface area contributed by atoms with E-state index in [9.17, 15) is 4.79 Å². The molecule has 0 radical (unpaired) electrons. The molecule has 0 saturated heterocycles. The fourth-order valence-electron chi connectivity index (χ4n) is 2.27. The highest BCUT2D eigenvalue weighted by atomic mass is 16.1. The Morgan fingerprint density at radius 1 is 1.32 bits per heavy atom. The number of H-pyrrole nitrogens is 1. The van der Waals surface area contributed by atoms with Crippen molar-refractivity contribution in [1.29, 1.82) is 0 Å². The van der Waals surface area contributed by atoms with E-state index in [4.69, 9.17) is 0 Å². The molecule has 0 saturated carbocycles. The molecule has 1 aromatic carbocycles. The first kappa shape index (κ1) is 13.7. The first-order chi connectivity index (χ1) is 9.20. The van der Waals surface area contributed by atoms with Gasteiger partial charge in [-0.15, -0.1) is 0 Å². The van der Waals surface area contributed by atoms with Gasteiger partial charge in [-0.1, -0.05) is 32.3 Å². The van der Waals surface area contributed by atoms with Crippen LogP contribution in [0.25, 0.3) is 10.9 Å². The van der Waals surface area contributed by atoms with Crippen molar-refractivity contribution in [3.63, 3.8) is 0 Å². The average Bonchev–Trinajstić information content (AvgIpc) is 2.86. The fourth-order valence-corrected chi connectivity index (χ4v) is 2.27. The topological polar surface area (TPSA) is 44.9 Å². The number of amides is 1. The van der Waals surface area contributed by atoms with Crippen LogP contribution in [0.4, 0.5) is 0 Å². The summed E-state index contributed by atoms with van der Waals surface area (Å²) < 4.78 is 0. The molecule has 0 aliphatic rings. The fraction of sp³-hybridized carbons (Fsp3) is 0.438. The Morgan fingerprint density at radius 3 is 2.95 bits per heavy atom. The molecule has 0 aliphatic heterocycles. The minimum absolute atomic E-state index is 0.0144. The lowest BCUT2D eigenvalue weighted by Crippen LogP contribution is -2.32. The molecule has 0 bridgehead atoms. The first-order valence-electron chi connectivity index (χ1n) is 7.08. The van der Waals surface area contributed by atoms with Crippen LogP contribution in [0.15, 0.2) is 30.5 Å². The summed E-state index contributed by atoms with van der Waals surface area (Å²) in [5.74, 6) is 0.0144. The van der Waals surface area contributed by atoms with Crippen molar-refractivity contribution in [2.24, 2.45) is 0 Å². The maximum atomic E-state index is 12.1. The van der Waals surface area contributed by atoms with Gasteiger partial charge in [0, 0.05) is 23.3 Å². The van der Waals surface area contributed by atoms with Crippen LogP contribution in [0.2, 0.25) is 0 Å². The number of benzene rings is 1. The van der Waals surface area contributed by atoms with Crippen LogP contribution in [0.5, 0.6) is 0 Å². The molecule has 0 spiro atoms. The molecule has 1 aromatic heterocycles. The number of rotatable bonds is 6. The number of hydrogen-bond donors (Lipinski definition) is 2. The van der Waals surface area contributed by atoms with Crippen molar-refractivity contribution in [2.75, 3.05) is 0 Å². The standard InChI is InChI=1S/C16H22N2O/c1-3-4-5-6-12(2)18-16(19)14-8-7-13-9-10-17-15(13)11-14/h7-12,17H,3-6H2,1-2H3,(H,18,19). The second-order valence-electron chi connectivity index (χ2n) is 5.15. The molecule has 2 rings (SSSR count). The van der Waals surface area contributed by atoms with E-state index in [-0.39, 0.29) is 11.9 Å². The molecular weight excluding hydrogens is 236 g/mol. The van der Waals surface area contributed by atoms with Crippen LogP contribution in [-0.4, -0.2) is 16.9 Å². The van der Waals surface area contributed by atoms with E-state index in [1.807, 2.05) is 30.5 Å². The highest BCUT2D eigenvalue weighted by Gasteiger charge is 2.10. The number of hydrogen-bond acceptors (Lipinski definition) is 1. The molecule has 3 heteroatoms. The Kier molecular flexibility index (Phi) is 4.61. The van der Waals surface area contributed by atoms with E-state index in [0.717, 1.165) is 22.9 Å². The number of aromatic amines is 1. The maximum absolute atomic E-state index is 12.1. The minimum atomic E-state index is 0.0144. The molecule has 0 fully saturated rings. The van der Waals surface area contributed by atoms with Crippen LogP contribution >= 0.6 is 0 Å². The minimum Gasteiger partial charge on any atom is -0.361 e. The highest BCUT2D eigenvalue weighted by Crippen LogP contribution is 2.14. The van der Waals surface area contributed by atoms with E-state index < -0.39 is 0 Å². The van der Waals surface area contributed by atoms with Gasteiger partial charge < -0.3 is 10.3 Å². The van der Waals surface area contributed by atoms with Gasteiger partial charge in [0.2, 0.25) is 0 Å². The molecule has 0 aliphatic carbocycles. The third-order valence-corrected chi connectivity index (χ3v) is 3.44. The Balaban J connectivity index is 1.95. The third-order valence-electron chi connectivity index (χ3n) is 3.44. The number of carbonyl (C=O) groups is 1. The van der Waals surface area contributed by atoms with E-state index >= 15 is 0 Å². The SMILES string of the molecule is CCCCCC(C)NC(=O)c1ccc2cc[nH]c2c1. The number of nitrogens with one attached hydrogen (secondary N) is 2. The van der Waals surface area contributed by atoms with Gasteiger partial charge in [-0.2, -0.15) is 0 Å².